The van der Waals surface area contributed by atoms with E-state index >= 15 is 0 Å². The van der Waals surface area contributed by atoms with Gasteiger partial charge in [-0.05, 0) is 24.5 Å². The molecule has 2 aliphatic heterocycles. The number of nitrogens with zero attached hydrogens (tertiary/aromatic N) is 5. The molecule has 0 aliphatic carbocycles. The summed E-state index contributed by atoms with van der Waals surface area (Å²) >= 11 is 1.65. The first-order valence-electron chi connectivity index (χ1n) is 7.07. The highest BCUT2D eigenvalue weighted by molar-refractivity contribution is 7.13. The van der Waals surface area contributed by atoms with Crippen molar-refractivity contribution in [2.45, 2.75) is 31.5 Å². The minimum atomic E-state index is 0.611. The Balaban J connectivity index is 1.48. The molecule has 0 amide bonds. The Bertz CT molecular complexity index is 558. The first kappa shape index (κ1) is 12.2. The van der Waals surface area contributed by atoms with Crippen LogP contribution in [0.3, 0.4) is 0 Å². The van der Waals surface area contributed by atoms with Crippen LogP contribution in [0.15, 0.2) is 30.0 Å². The van der Waals surface area contributed by atoms with Crippen molar-refractivity contribution in [3.8, 4) is 0 Å². The van der Waals surface area contributed by atoms with Gasteiger partial charge in [0.2, 0.25) is 5.13 Å². The molecule has 0 N–H and O–H groups in total. The maximum atomic E-state index is 4.23. The van der Waals surface area contributed by atoms with E-state index in [0.29, 0.717) is 12.1 Å². The predicted molar refractivity (Wildman–Crippen MR) is 78.7 cm³/mol. The van der Waals surface area contributed by atoms with Crippen LogP contribution in [0, 0.1) is 0 Å². The molecule has 5 nitrogen and oxygen atoms in total. The van der Waals surface area contributed by atoms with E-state index in [2.05, 4.69) is 31.0 Å². The fourth-order valence-corrected chi connectivity index (χ4v) is 4.17. The average Bonchev–Trinajstić information content (AvgIpc) is 3.18. The van der Waals surface area contributed by atoms with Gasteiger partial charge in [0.1, 0.15) is 5.51 Å². The molecule has 2 aromatic heterocycles. The first-order valence-corrected chi connectivity index (χ1v) is 7.95. The Kier molecular flexibility index (Phi) is 3.12. The number of aromatic nitrogens is 3. The zero-order chi connectivity index (χ0) is 13.4. The zero-order valence-corrected chi connectivity index (χ0v) is 12.0. The summed E-state index contributed by atoms with van der Waals surface area (Å²) in [5.74, 6) is 0. The minimum Gasteiger partial charge on any atom is -0.342 e. The van der Waals surface area contributed by atoms with Crippen molar-refractivity contribution in [2.75, 3.05) is 18.0 Å². The van der Waals surface area contributed by atoms with E-state index < -0.39 is 0 Å². The van der Waals surface area contributed by atoms with Gasteiger partial charge in [0.15, 0.2) is 0 Å². The lowest BCUT2D eigenvalue weighted by molar-refractivity contribution is 0.245. The minimum absolute atomic E-state index is 0.611. The second-order valence-electron chi connectivity index (χ2n) is 5.46. The predicted octanol–water partition coefficient (Wildman–Crippen LogP) is 1.79. The molecule has 2 saturated heterocycles. The molecular weight excluding hydrogens is 270 g/mol. The second-order valence-corrected chi connectivity index (χ2v) is 6.27. The lowest BCUT2D eigenvalue weighted by atomic mass is 10.1. The Labute approximate surface area is 122 Å². The van der Waals surface area contributed by atoms with Crippen LogP contribution in [0.4, 0.5) is 5.13 Å². The van der Waals surface area contributed by atoms with E-state index in [-0.39, 0.29) is 0 Å². The Morgan fingerprint density at radius 1 is 1.25 bits per heavy atom. The summed E-state index contributed by atoms with van der Waals surface area (Å²) in [7, 11) is 0. The molecule has 0 aromatic carbocycles. The molecule has 0 saturated carbocycles. The molecule has 4 heterocycles. The number of likely N-dealkylation sites (tertiary alicyclic amines) is 1. The molecule has 6 heteroatoms. The molecule has 0 bridgehead atoms. The topological polar surface area (TPSA) is 45.2 Å². The van der Waals surface area contributed by atoms with E-state index in [1.54, 1.807) is 11.3 Å². The Morgan fingerprint density at radius 2 is 2.20 bits per heavy atom. The molecule has 20 heavy (non-hydrogen) atoms. The highest BCUT2D eigenvalue weighted by Crippen LogP contribution is 2.36. The van der Waals surface area contributed by atoms with Crippen LogP contribution in [-0.4, -0.2) is 45.3 Å². The summed E-state index contributed by atoms with van der Waals surface area (Å²) in [6.45, 7) is 3.28. The maximum Gasteiger partial charge on any atom is 0.208 e. The number of rotatable bonds is 3. The highest BCUT2D eigenvalue weighted by atomic mass is 32.1. The number of anilines is 1. The quantitative estimate of drug-likeness (QED) is 0.861. The van der Waals surface area contributed by atoms with Crippen LogP contribution in [0.1, 0.15) is 18.4 Å². The number of hydrogen-bond acceptors (Lipinski definition) is 6. The van der Waals surface area contributed by atoms with Crippen LogP contribution in [-0.2, 0) is 6.54 Å². The summed E-state index contributed by atoms with van der Waals surface area (Å²) < 4.78 is 0. The maximum absolute atomic E-state index is 4.23. The van der Waals surface area contributed by atoms with E-state index in [4.69, 9.17) is 0 Å². The van der Waals surface area contributed by atoms with Gasteiger partial charge >= 0.3 is 0 Å². The molecule has 0 unspecified atom stereocenters. The number of pyridine rings is 1. The third-order valence-corrected chi connectivity index (χ3v) is 5.12. The summed E-state index contributed by atoms with van der Waals surface area (Å²) in [6.07, 6.45) is 6.27. The van der Waals surface area contributed by atoms with Gasteiger partial charge in [-0.3, -0.25) is 9.88 Å². The van der Waals surface area contributed by atoms with Gasteiger partial charge in [-0.15, -0.1) is 10.2 Å². The summed E-state index contributed by atoms with van der Waals surface area (Å²) in [5.41, 5.74) is 3.13. The van der Waals surface area contributed by atoms with Gasteiger partial charge in [0.05, 0.1) is 0 Å². The smallest absolute Gasteiger partial charge is 0.208 e. The highest BCUT2D eigenvalue weighted by Gasteiger charge is 2.43. The van der Waals surface area contributed by atoms with Gasteiger partial charge in [-0.2, -0.15) is 0 Å². The first-order chi connectivity index (χ1) is 9.92. The second kappa shape index (κ2) is 5.10. The third-order valence-electron chi connectivity index (χ3n) is 4.39. The van der Waals surface area contributed by atoms with Gasteiger partial charge in [0, 0.05) is 44.1 Å². The monoisotopic (exact) mass is 287 g/mol. The molecular formula is C14H17N5S. The SMILES string of the molecule is c1cncc(CN2CC[C@@H]3[C@@H]2CCN3c2nncs2)c1. The standard InChI is InChI=1S/C14H17N5S/c1-2-11(8-15-5-1)9-18-6-3-13-12(18)4-7-19(13)14-17-16-10-20-14/h1-2,5,8,10,12-13H,3-4,6-7,9H2/t12-,13+/m0/s1. The van der Waals surface area contributed by atoms with Crippen LogP contribution < -0.4 is 4.90 Å². The van der Waals surface area contributed by atoms with E-state index in [0.717, 1.165) is 18.2 Å². The van der Waals surface area contributed by atoms with Crippen molar-refractivity contribution in [1.82, 2.24) is 20.1 Å². The van der Waals surface area contributed by atoms with Gasteiger partial charge < -0.3 is 4.90 Å². The van der Waals surface area contributed by atoms with Gasteiger partial charge in [0.25, 0.3) is 0 Å². The van der Waals surface area contributed by atoms with E-state index in [1.807, 2.05) is 24.0 Å². The van der Waals surface area contributed by atoms with Crippen molar-refractivity contribution in [1.29, 1.82) is 0 Å². The Hall–Kier alpha value is -1.53. The van der Waals surface area contributed by atoms with E-state index in [1.165, 1.54) is 24.9 Å². The van der Waals surface area contributed by atoms with E-state index in [9.17, 15) is 0 Å². The van der Waals surface area contributed by atoms with Crippen LogP contribution in [0.5, 0.6) is 0 Å². The Morgan fingerprint density at radius 3 is 3.00 bits per heavy atom. The van der Waals surface area contributed by atoms with Crippen LogP contribution in [0.25, 0.3) is 0 Å². The average molecular weight is 287 g/mol. The molecule has 2 aromatic rings. The van der Waals surface area contributed by atoms with Crippen molar-refractivity contribution in [3.63, 3.8) is 0 Å². The fourth-order valence-electron chi connectivity index (χ4n) is 3.53. The number of hydrogen-bond donors (Lipinski definition) is 0. The van der Waals surface area contributed by atoms with Crippen molar-refractivity contribution >= 4 is 16.5 Å². The summed E-state index contributed by atoms with van der Waals surface area (Å²) in [4.78, 5) is 9.26. The lowest BCUT2D eigenvalue weighted by Gasteiger charge is -2.25. The third kappa shape index (κ3) is 2.09. The molecule has 104 valence electrons. The summed E-state index contributed by atoms with van der Waals surface area (Å²) in [6, 6.07) is 5.45. The fraction of sp³-hybridized carbons (Fsp3) is 0.500. The molecule has 4 rings (SSSR count). The molecule has 2 aliphatic rings. The van der Waals surface area contributed by atoms with Crippen LogP contribution in [0.2, 0.25) is 0 Å². The van der Waals surface area contributed by atoms with Crippen molar-refractivity contribution < 1.29 is 0 Å². The zero-order valence-electron chi connectivity index (χ0n) is 11.2. The van der Waals surface area contributed by atoms with Gasteiger partial charge in [-0.1, -0.05) is 17.4 Å². The largest absolute Gasteiger partial charge is 0.342 e. The number of fused-ring (bicyclic) bond motifs is 1. The normalized spacial score (nSPS) is 26.1. The molecule has 2 atom stereocenters. The molecule has 0 radical (unpaired) electrons. The lowest BCUT2D eigenvalue weighted by Crippen LogP contribution is -2.36. The molecule has 2 fully saturated rings. The van der Waals surface area contributed by atoms with Crippen molar-refractivity contribution in [3.05, 3.63) is 35.6 Å². The van der Waals surface area contributed by atoms with Gasteiger partial charge in [-0.25, -0.2) is 0 Å². The molecule has 0 spiro atoms. The summed E-state index contributed by atoms with van der Waals surface area (Å²) in [5, 5.41) is 9.29. The van der Waals surface area contributed by atoms with Crippen LogP contribution >= 0.6 is 11.3 Å². The van der Waals surface area contributed by atoms with Crippen molar-refractivity contribution in [2.24, 2.45) is 0 Å².